The van der Waals surface area contributed by atoms with E-state index in [-0.39, 0.29) is 0 Å². The molecule has 1 heterocycles. The summed E-state index contributed by atoms with van der Waals surface area (Å²) in [6.07, 6.45) is 6.77. The highest BCUT2D eigenvalue weighted by Gasteiger charge is 2.27. The van der Waals surface area contributed by atoms with Gasteiger partial charge >= 0.3 is 0 Å². The molecule has 2 fully saturated rings. The molecule has 15 heavy (non-hydrogen) atoms. The second-order valence-electron chi connectivity index (χ2n) is 4.80. The second kappa shape index (κ2) is 5.83. The van der Waals surface area contributed by atoms with Crippen molar-refractivity contribution in [1.82, 2.24) is 5.32 Å². The van der Waals surface area contributed by atoms with Gasteiger partial charge in [0.1, 0.15) is 0 Å². The maximum Gasteiger partial charge on any atom is 0.0724 e. The van der Waals surface area contributed by atoms with Crippen LogP contribution < -0.4 is 5.32 Å². The topological polar surface area (TPSA) is 30.5 Å². The van der Waals surface area contributed by atoms with Gasteiger partial charge in [0.2, 0.25) is 0 Å². The van der Waals surface area contributed by atoms with Gasteiger partial charge in [0.05, 0.1) is 12.7 Å². The minimum atomic E-state index is 0.439. The molecular weight excluding hydrogens is 190 g/mol. The number of hydrogen-bond donors (Lipinski definition) is 1. The standard InChI is InChI=1S/C12H23NO2/c1-14-12-6-2-5-11(12)13-8-10-4-3-7-15-9-10/h10-13H,2-9H2,1H3. The molecule has 3 heteroatoms. The average molecular weight is 213 g/mol. The third-order valence-corrected chi connectivity index (χ3v) is 3.68. The van der Waals surface area contributed by atoms with Gasteiger partial charge < -0.3 is 14.8 Å². The Bertz CT molecular complexity index is 180. The lowest BCUT2D eigenvalue weighted by molar-refractivity contribution is 0.0468. The van der Waals surface area contributed by atoms with Crippen LogP contribution in [0.25, 0.3) is 0 Å². The Kier molecular flexibility index (Phi) is 4.42. The van der Waals surface area contributed by atoms with Crippen LogP contribution in [-0.4, -0.2) is 39.0 Å². The molecule has 2 aliphatic rings. The van der Waals surface area contributed by atoms with Crippen molar-refractivity contribution < 1.29 is 9.47 Å². The first-order chi connectivity index (χ1) is 7.40. The normalized spacial score (nSPS) is 37.0. The number of methoxy groups -OCH3 is 1. The molecule has 1 N–H and O–H groups in total. The van der Waals surface area contributed by atoms with Gasteiger partial charge in [0, 0.05) is 26.3 Å². The van der Waals surface area contributed by atoms with E-state index in [2.05, 4.69) is 5.32 Å². The third-order valence-electron chi connectivity index (χ3n) is 3.68. The van der Waals surface area contributed by atoms with Crippen LogP contribution in [0, 0.1) is 5.92 Å². The predicted octanol–water partition coefficient (Wildman–Crippen LogP) is 1.57. The fourth-order valence-electron chi connectivity index (χ4n) is 2.73. The Labute approximate surface area is 92.5 Å². The van der Waals surface area contributed by atoms with E-state index in [0.717, 1.165) is 25.7 Å². The van der Waals surface area contributed by atoms with Crippen LogP contribution in [0.3, 0.4) is 0 Å². The summed E-state index contributed by atoms with van der Waals surface area (Å²) < 4.78 is 10.9. The first kappa shape index (κ1) is 11.4. The summed E-state index contributed by atoms with van der Waals surface area (Å²) in [5.74, 6) is 0.719. The molecular formula is C12H23NO2. The molecule has 0 amide bonds. The maximum absolute atomic E-state index is 5.48. The summed E-state index contributed by atoms with van der Waals surface area (Å²) in [5.41, 5.74) is 0. The Hall–Kier alpha value is -0.120. The molecule has 3 atom stereocenters. The summed E-state index contributed by atoms with van der Waals surface area (Å²) in [6.45, 7) is 3.00. The van der Waals surface area contributed by atoms with Gasteiger partial charge in [-0.25, -0.2) is 0 Å². The molecule has 3 unspecified atom stereocenters. The molecule has 1 saturated heterocycles. The van der Waals surface area contributed by atoms with Crippen molar-refractivity contribution in [3.63, 3.8) is 0 Å². The van der Waals surface area contributed by atoms with Crippen molar-refractivity contribution in [3.05, 3.63) is 0 Å². The molecule has 1 aliphatic heterocycles. The van der Waals surface area contributed by atoms with Gasteiger partial charge in [-0.2, -0.15) is 0 Å². The lowest BCUT2D eigenvalue weighted by Gasteiger charge is -2.26. The van der Waals surface area contributed by atoms with Crippen molar-refractivity contribution in [1.29, 1.82) is 0 Å². The van der Waals surface area contributed by atoms with E-state index >= 15 is 0 Å². The summed E-state index contributed by atoms with van der Waals surface area (Å²) in [6, 6.07) is 0.580. The maximum atomic E-state index is 5.48. The van der Waals surface area contributed by atoms with Crippen molar-refractivity contribution in [2.45, 2.75) is 44.2 Å². The summed E-state index contributed by atoms with van der Waals surface area (Å²) in [5, 5.41) is 3.65. The fraction of sp³-hybridized carbons (Fsp3) is 1.00. The Morgan fingerprint density at radius 2 is 2.20 bits per heavy atom. The molecule has 1 aliphatic carbocycles. The van der Waals surface area contributed by atoms with Crippen LogP contribution in [0.15, 0.2) is 0 Å². The molecule has 2 rings (SSSR count). The first-order valence-electron chi connectivity index (χ1n) is 6.24. The minimum absolute atomic E-state index is 0.439. The van der Waals surface area contributed by atoms with E-state index in [9.17, 15) is 0 Å². The highest BCUT2D eigenvalue weighted by molar-refractivity contribution is 4.84. The highest BCUT2D eigenvalue weighted by Crippen LogP contribution is 2.22. The highest BCUT2D eigenvalue weighted by atomic mass is 16.5. The molecule has 3 nitrogen and oxygen atoms in total. The number of rotatable bonds is 4. The van der Waals surface area contributed by atoms with Gasteiger partial charge in [-0.15, -0.1) is 0 Å². The van der Waals surface area contributed by atoms with Gasteiger partial charge in [-0.1, -0.05) is 0 Å². The monoisotopic (exact) mass is 213 g/mol. The van der Waals surface area contributed by atoms with Gasteiger partial charge in [0.25, 0.3) is 0 Å². The van der Waals surface area contributed by atoms with Crippen LogP contribution in [-0.2, 0) is 9.47 Å². The molecule has 0 aromatic carbocycles. The van der Waals surface area contributed by atoms with Crippen molar-refractivity contribution in [2.24, 2.45) is 5.92 Å². The molecule has 0 spiro atoms. The van der Waals surface area contributed by atoms with E-state index in [4.69, 9.17) is 9.47 Å². The van der Waals surface area contributed by atoms with Crippen LogP contribution in [0.2, 0.25) is 0 Å². The zero-order valence-electron chi connectivity index (χ0n) is 9.71. The second-order valence-corrected chi connectivity index (χ2v) is 4.80. The zero-order chi connectivity index (χ0) is 10.5. The van der Waals surface area contributed by atoms with Crippen molar-refractivity contribution >= 4 is 0 Å². The van der Waals surface area contributed by atoms with Crippen LogP contribution >= 0.6 is 0 Å². The molecule has 0 aromatic rings. The van der Waals surface area contributed by atoms with Gasteiger partial charge in [0.15, 0.2) is 0 Å². The number of nitrogens with one attached hydrogen (secondary N) is 1. The first-order valence-corrected chi connectivity index (χ1v) is 6.24. The Balaban J connectivity index is 1.67. The molecule has 88 valence electrons. The van der Waals surface area contributed by atoms with E-state index in [0.29, 0.717) is 12.1 Å². The third kappa shape index (κ3) is 3.16. The van der Waals surface area contributed by atoms with E-state index < -0.39 is 0 Å². The number of hydrogen-bond acceptors (Lipinski definition) is 3. The Morgan fingerprint density at radius 3 is 2.93 bits per heavy atom. The fourth-order valence-corrected chi connectivity index (χ4v) is 2.73. The van der Waals surface area contributed by atoms with E-state index in [1.165, 1.54) is 32.1 Å². The molecule has 0 bridgehead atoms. The lowest BCUT2D eigenvalue weighted by Crippen LogP contribution is -2.41. The summed E-state index contributed by atoms with van der Waals surface area (Å²) >= 11 is 0. The predicted molar refractivity (Wildman–Crippen MR) is 60.0 cm³/mol. The lowest BCUT2D eigenvalue weighted by atomic mass is 10.0. The Morgan fingerprint density at radius 1 is 1.27 bits per heavy atom. The quantitative estimate of drug-likeness (QED) is 0.769. The van der Waals surface area contributed by atoms with Crippen molar-refractivity contribution in [3.8, 4) is 0 Å². The zero-order valence-corrected chi connectivity index (χ0v) is 9.71. The van der Waals surface area contributed by atoms with Gasteiger partial charge in [-0.05, 0) is 38.0 Å². The van der Waals surface area contributed by atoms with Crippen LogP contribution in [0.4, 0.5) is 0 Å². The number of ether oxygens (including phenoxy) is 2. The minimum Gasteiger partial charge on any atom is -0.381 e. The summed E-state index contributed by atoms with van der Waals surface area (Å²) in [4.78, 5) is 0. The molecule has 1 saturated carbocycles. The molecule has 0 radical (unpaired) electrons. The largest absolute Gasteiger partial charge is 0.381 e. The van der Waals surface area contributed by atoms with E-state index in [1.54, 1.807) is 0 Å². The average Bonchev–Trinajstić information content (AvgIpc) is 2.75. The molecule has 0 aromatic heterocycles. The van der Waals surface area contributed by atoms with E-state index in [1.807, 2.05) is 7.11 Å². The van der Waals surface area contributed by atoms with Crippen LogP contribution in [0.5, 0.6) is 0 Å². The summed E-state index contributed by atoms with van der Waals surface area (Å²) in [7, 11) is 1.83. The SMILES string of the molecule is COC1CCCC1NCC1CCCOC1. The van der Waals surface area contributed by atoms with Gasteiger partial charge in [-0.3, -0.25) is 0 Å². The van der Waals surface area contributed by atoms with Crippen molar-refractivity contribution in [2.75, 3.05) is 26.9 Å². The smallest absolute Gasteiger partial charge is 0.0724 e. The van der Waals surface area contributed by atoms with Crippen LogP contribution in [0.1, 0.15) is 32.1 Å².